The quantitative estimate of drug-likeness (QED) is 0.741. The van der Waals surface area contributed by atoms with E-state index in [1.807, 2.05) is 54.1 Å². The molecule has 1 aromatic heterocycles. The lowest BCUT2D eigenvalue weighted by molar-refractivity contribution is -0.122. The lowest BCUT2D eigenvalue weighted by Gasteiger charge is -2.12. The van der Waals surface area contributed by atoms with Crippen LogP contribution in [0, 0.1) is 0 Å². The van der Waals surface area contributed by atoms with Crippen LogP contribution in [0.15, 0.2) is 53.6 Å². The SMILES string of the molecule is CCn1cccc1/C=C1/SC(=O)N(CCCc2ccccc2)C1=O. The zero-order valence-corrected chi connectivity index (χ0v) is 14.5. The number of amides is 2. The molecule has 0 atom stereocenters. The molecule has 0 aliphatic carbocycles. The zero-order valence-electron chi connectivity index (χ0n) is 13.6. The second-order valence-electron chi connectivity index (χ2n) is 5.64. The summed E-state index contributed by atoms with van der Waals surface area (Å²) >= 11 is 1.03. The summed E-state index contributed by atoms with van der Waals surface area (Å²) in [6.07, 6.45) is 5.42. The van der Waals surface area contributed by atoms with Gasteiger partial charge < -0.3 is 4.57 Å². The Bertz CT molecular complexity index is 765. The van der Waals surface area contributed by atoms with E-state index >= 15 is 0 Å². The molecule has 1 aliphatic heterocycles. The van der Waals surface area contributed by atoms with E-state index in [1.165, 1.54) is 10.5 Å². The van der Waals surface area contributed by atoms with Gasteiger partial charge in [0.2, 0.25) is 0 Å². The van der Waals surface area contributed by atoms with Crippen LogP contribution in [0.2, 0.25) is 0 Å². The number of hydrogen-bond acceptors (Lipinski definition) is 3. The average Bonchev–Trinajstić information content (AvgIpc) is 3.15. The van der Waals surface area contributed by atoms with Crippen LogP contribution in [-0.4, -0.2) is 27.2 Å². The van der Waals surface area contributed by atoms with E-state index in [1.54, 1.807) is 0 Å². The molecule has 0 N–H and O–H groups in total. The largest absolute Gasteiger partial charge is 0.348 e. The topological polar surface area (TPSA) is 42.3 Å². The van der Waals surface area contributed by atoms with Crippen LogP contribution in [0.25, 0.3) is 6.08 Å². The van der Waals surface area contributed by atoms with E-state index < -0.39 is 0 Å². The Kier molecular flexibility index (Phi) is 5.20. The molecular weight excluding hydrogens is 320 g/mol. The van der Waals surface area contributed by atoms with E-state index in [9.17, 15) is 9.59 Å². The number of hydrogen-bond donors (Lipinski definition) is 0. The fourth-order valence-corrected chi connectivity index (χ4v) is 3.61. The van der Waals surface area contributed by atoms with E-state index in [0.29, 0.717) is 11.4 Å². The molecule has 1 aromatic carbocycles. The van der Waals surface area contributed by atoms with Gasteiger partial charge in [0.1, 0.15) is 0 Å². The first-order valence-electron chi connectivity index (χ1n) is 8.13. The van der Waals surface area contributed by atoms with Crippen LogP contribution in [0.1, 0.15) is 24.6 Å². The minimum absolute atomic E-state index is 0.172. The lowest BCUT2D eigenvalue weighted by Crippen LogP contribution is -2.29. The van der Waals surface area contributed by atoms with Gasteiger partial charge in [-0.05, 0) is 55.3 Å². The number of benzene rings is 1. The Morgan fingerprint density at radius 3 is 2.62 bits per heavy atom. The molecule has 1 aliphatic rings. The van der Waals surface area contributed by atoms with Crippen LogP contribution in [0.5, 0.6) is 0 Å². The van der Waals surface area contributed by atoms with Crippen LogP contribution in [-0.2, 0) is 17.8 Å². The van der Waals surface area contributed by atoms with Crippen LogP contribution < -0.4 is 0 Å². The number of aryl methyl sites for hydroxylation is 2. The van der Waals surface area contributed by atoms with Crippen molar-refractivity contribution in [3.05, 3.63) is 64.8 Å². The molecule has 0 bridgehead atoms. The number of rotatable bonds is 6. The average molecular weight is 340 g/mol. The Morgan fingerprint density at radius 2 is 1.88 bits per heavy atom. The van der Waals surface area contributed by atoms with Crippen molar-refractivity contribution in [2.45, 2.75) is 26.3 Å². The molecule has 24 heavy (non-hydrogen) atoms. The summed E-state index contributed by atoms with van der Waals surface area (Å²) in [4.78, 5) is 26.5. The highest BCUT2D eigenvalue weighted by molar-refractivity contribution is 8.18. The number of nitrogens with zero attached hydrogens (tertiary/aromatic N) is 2. The van der Waals surface area contributed by atoms with E-state index in [0.717, 1.165) is 36.8 Å². The van der Waals surface area contributed by atoms with E-state index in [4.69, 9.17) is 0 Å². The molecule has 2 amide bonds. The van der Waals surface area contributed by atoms with Crippen molar-refractivity contribution in [3.8, 4) is 0 Å². The van der Waals surface area contributed by atoms with Crippen molar-refractivity contribution in [1.29, 1.82) is 0 Å². The molecule has 4 nitrogen and oxygen atoms in total. The molecule has 124 valence electrons. The van der Waals surface area contributed by atoms with Crippen molar-refractivity contribution in [1.82, 2.24) is 9.47 Å². The summed E-state index contributed by atoms with van der Waals surface area (Å²) < 4.78 is 2.05. The standard InChI is InChI=1S/C19H20N2O2S/c1-2-20-12-7-11-16(20)14-17-18(22)21(19(23)24-17)13-6-10-15-8-4-3-5-9-15/h3-5,7-9,11-12,14H,2,6,10,13H2,1H3/b17-14+. The van der Waals surface area contributed by atoms with Crippen molar-refractivity contribution in [2.75, 3.05) is 6.54 Å². The summed E-state index contributed by atoms with van der Waals surface area (Å²) in [6.45, 7) is 3.35. The highest BCUT2D eigenvalue weighted by atomic mass is 32.2. The number of carbonyl (C=O) groups is 2. The fraction of sp³-hybridized carbons (Fsp3) is 0.263. The van der Waals surface area contributed by atoms with Gasteiger partial charge in [0, 0.05) is 25.0 Å². The monoisotopic (exact) mass is 340 g/mol. The van der Waals surface area contributed by atoms with Gasteiger partial charge in [0.05, 0.1) is 4.91 Å². The number of aromatic nitrogens is 1. The van der Waals surface area contributed by atoms with Gasteiger partial charge in [-0.15, -0.1) is 0 Å². The maximum atomic E-state index is 12.5. The minimum Gasteiger partial charge on any atom is -0.348 e. The van der Waals surface area contributed by atoms with E-state index in [2.05, 4.69) is 12.1 Å². The molecule has 0 radical (unpaired) electrons. The number of thioether (sulfide) groups is 1. The van der Waals surface area contributed by atoms with Crippen molar-refractivity contribution < 1.29 is 9.59 Å². The van der Waals surface area contributed by atoms with Crippen LogP contribution in [0.3, 0.4) is 0 Å². The third-order valence-corrected chi connectivity index (χ3v) is 4.96. The third-order valence-electron chi connectivity index (χ3n) is 4.05. The summed E-state index contributed by atoms with van der Waals surface area (Å²) in [5, 5.41) is -0.172. The Morgan fingerprint density at radius 1 is 1.08 bits per heavy atom. The maximum Gasteiger partial charge on any atom is 0.293 e. The molecule has 1 saturated heterocycles. The smallest absolute Gasteiger partial charge is 0.293 e. The number of carbonyl (C=O) groups excluding carboxylic acids is 2. The molecular formula is C19H20N2O2S. The molecule has 2 aromatic rings. The summed E-state index contributed by atoms with van der Waals surface area (Å²) in [5.74, 6) is -0.179. The van der Waals surface area contributed by atoms with Gasteiger partial charge in [-0.1, -0.05) is 30.3 Å². The van der Waals surface area contributed by atoms with Gasteiger partial charge in [0.25, 0.3) is 11.1 Å². The fourth-order valence-electron chi connectivity index (χ4n) is 2.76. The summed E-state index contributed by atoms with van der Waals surface area (Å²) in [7, 11) is 0. The molecule has 0 spiro atoms. The first kappa shape index (κ1) is 16.6. The predicted molar refractivity (Wildman–Crippen MR) is 97.5 cm³/mol. The third kappa shape index (κ3) is 3.62. The summed E-state index contributed by atoms with van der Waals surface area (Å²) in [6, 6.07) is 14.0. The van der Waals surface area contributed by atoms with Gasteiger partial charge in [-0.25, -0.2) is 0 Å². The molecule has 3 rings (SSSR count). The lowest BCUT2D eigenvalue weighted by atomic mass is 10.1. The minimum atomic E-state index is -0.179. The molecule has 2 heterocycles. The maximum absolute atomic E-state index is 12.5. The van der Waals surface area contributed by atoms with Crippen molar-refractivity contribution in [2.24, 2.45) is 0 Å². The zero-order chi connectivity index (χ0) is 16.9. The molecule has 0 saturated carbocycles. The van der Waals surface area contributed by atoms with Gasteiger partial charge in [-0.3, -0.25) is 14.5 Å². The van der Waals surface area contributed by atoms with Gasteiger partial charge in [-0.2, -0.15) is 0 Å². The van der Waals surface area contributed by atoms with Gasteiger partial charge in [0.15, 0.2) is 0 Å². The molecule has 1 fully saturated rings. The molecule has 5 heteroatoms. The van der Waals surface area contributed by atoms with E-state index in [-0.39, 0.29) is 11.1 Å². The van der Waals surface area contributed by atoms with Crippen LogP contribution >= 0.6 is 11.8 Å². The normalized spacial score (nSPS) is 16.4. The second-order valence-corrected chi connectivity index (χ2v) is 6.63. The predicted octanol–water partition coefficient (Wildman–Crippen LogP) is 4.18. The Hall–Kier alpha value is -2.27. The Balaban J connectivity index is 1.64. The highest BCUT2D eigenvalue weighted by Crippen LogP contribution is 2.32. The second kappa shape index (κ2) is 7.53. The van der Waals surface area contributed by atoms with Gasteiger partial charge >= 0.3 is 0 Å². The van der Waals surface area contributed by atoms with Crippen molar-refractivity contribution >= 4 is 29.0 Å². The number of imide groups is 1. The molecule has 0 unspecified atom stereocenters. The highest BCUT2D eigenvalue weighted by Gasteiger charge is 2.34. The first-order valence-corrected chi connectivity index (χ1v) is 8.95. The first-order chi connectivity index (χ1) is 11.7. The van der Waals surface area contributed by atoms with Crippen LogP contribution in [0.4, 0.5) is 4.79 Å². The Labute approximate surface area is 146 Å². The summed E-state index contributed by atoms with van der Waals surface area (Å²) in [5.41, 5.74) is 2.17. The van der Waals surface area contributed by atoms with Crippen molar-refractivity contribution in [3.63, 3.8) is 0 Å².